The highest BCUT2D eigenvalue weighted by atomic mass is 32.2. The Labute approximate surface area is 118 Å². The van der Waals surface area contributed by atoms with Gasteiger partial charge in [-0.2, -0.15) is 4.36 Å². The first kappa shape index (κ1) is 16.4. The van der Waals surface area contributed by atoms with Crippen LogP contribution in [-0.4, -0.2) is 34.7 Å². The summed E-state index contributed by atoms with van der Waals surface area (Å²) in [7, 11) is -2.66. The Morgan fingerprint density at radius 1 is 1.60 bits per heavy atom. The number of nitrogens with zero attached hydrogens (tertiary/aromatic N) is 3. The van der Waals surface area contributed by atoms with E-state index in [1.165, 1.54) is 6.26 Å². The molecule has 0 fully saturated rings. The fourth-order valence-corrected chi connectivity index (χ4v) is 2.61. The number of hydrogen-bond donors (Lipinski definition) is 1. The zero-order valence-electron chi connectivity index (χ0n) is 11.7. The van der Waals surface area contributed by atoms with Crippen LogP contribution < -0.4 is 5.73 Å². The highest BCUT2D eigenvalue weighted by molar-refractivity contribution is 7.93. The molecular formula is C12H19FN4O2S. The van der Waals surface area contributed by atoms with E-state index in [2.05, 4.69) is 19.3 Å². The van der Waals surface area contributed by atoms with Gasteiger partial charge in [-0.1, -0.05) is 6.07 Å². The molecule has 1 aromatic heterocycles. The molecule has 2 unspecified atom stereocenters. The second-order valence-corrected chi connectivity index (χ2v) is 6.91. The summed E-state index contributed by atoms with van der Waals surface area (Å²) in [6.07, 6.45) is 3.14. The summed E-state index contributed by atoms with van der Waals surface area (Å²) in [5.41, 5.74) is 7.15. The van der Waals surface area contributed by atoms with Gasteiger partial charge < -0.3 is 10.6 Å². The van der Waals surface area contributed by atoms with E-state index in [4.69, 9.17) is 5.73 Å². The van der Waals surface area contributed by atoms with Crippen molar-refractivity contribution in [1.29, 1.82) is 0 Å². The number of halogens is 1. The number of guanidine groups is 1. The van der Waals surface area contributed by atoms with Gasteiger partial charge in [0.25, 0.3) is 5.96 Å². The minimum Gasteiger partial charge on any atom is -0.390 e. The van der Waals surface area contributed by atoms with Crippen LogP contribution in [0.1, 0.15) is 23.4 Å². The monoisotopic (exact) mass is 302 g/mol. The van der Waals surface area contributed by atoms with Crippen LogP contribution >= 0.6 is 0 Å². The number of alkyl halides is 1. The molecule has 20 heavy (non-hydrogen) atoms. The van der Waals surface area contributed by atoms with E-state index in [0.717, 1.165) is 11.3 Å². The maximum Gasteiger partial charge on any atom is 0.265 e. The Hall–Kier alpha value is -1.70. The van der Waals surface area contributed by atoms with Crippen LogP contribution in [0.25, 0.3) is 0 Å². The summed E-state index contributed by atoms with van der Waals surface area (Å²) in [6.45, 7) is 2.76. The van der Waals surface area contributed by atoms with E-state index >= 15 is 0 Å². The first-order valence-corrected chi connectivity index (χ1v) is 8.00. The normalized spacial score (nSPS) is 16.3. The third-order valence-corrected chi connectivity index (χ3v) is 4.79. The minimum absolute atomic E-state index is 0.210. The van der Waals surface area contributed by atoms with E-state index in [0.29, 0.717) is 0 Å². The van der Waals surface area contributed by atoms with Crippen LogP contribution in [0.3, 0.4) is 0 Å². The average molecular weight is 302 g/mol. The summed E-state index contributed by atoms with van der Waals surface area (Å²) in [4.78, 5) is 8.71. The second-order valence-electron chi connectivity index (χ2n) is 4.30. The fraction of sp³-hybridized carbons (Fsp3) is 0.500. The average Bonchev–Trinajstić information content (AvgIpc) is 2.38. The molecule has 0 amide bonds. The van der Waals surface area contributed by atoms with Gasteiger partial charge in [0, 0.05) is 18.1 Å². The van der Waals surface area contributed by atoms with E-state index in [-0.39, 0.29) is 17.8 Å². The summed E-state index contributed by atoms with van der Waals surface area (Å²) < 4.78 is 28.2. The van der Waals surface area contributed by atoms with Crippen LogP contribution in [0.15, 0.2) is 27.8 Å². The Balaban J connectivity index is 2.94. The number of oxime groups is 1. The molecule has 0 spiro atoms. The van der Waals surface area contributed by atoms with Crippen molar-refractivity contribution in [2.75, 3.05) is 19.5 Å². The topological polar surface area (TPSA) is 89.9 Å². The van der Waals surface area contributed by atoms with Crippen LogP contribution in [-0.2, 0) is 14.6 Å². The lowest BCUT2D eigenvalue weighted by atomic mass is 10.2. The molecule has 0 bridgehead atoms. The van der Waals surface area contributed by atoms with Crippen LogP contribution in [0.5, 0.6) is 0 Å². The molecule has 0 saturated heterocycles. The number of hydrogen-bond acceptors (Lipinski definition) is 4. The first-order chi connectivity index (χ1) is 9.36. The number of pyridine rings is 1. The number of nitrogens with two attached hydrogens (primary N) is 1. The first-order valence-electron chi connectivity index (χ1n) is 6.01. The zero-order valence-corrected chi connectivity index (χ0v) is 12.6. The van der Waals surface area contributed by atoms with E-state index in [1.807, 2.05) is 19.1 Å². The highest BCUT2D eigenvalue weighted by Gasteiger charge is 2.17. The summed E-state index contributed by atoms with van der Waals surface area (Å²) >= 11 is 0. The van der Waals surface area contributed by atoms with Gasteiger partial charge in [-0.05, 0) is 30.6 Å². The van der Waals surface area contributed by atoms with Crippen molar-refractivity contribution in [3.05, 3.63) is 29.6 Å². The highest BCUT2D eigenvalue weighted by Crippen LogP contribution is 2.22. The van der Waals surface area contributed by atoms with E-state index in [9.17, 15) is 8.60 Å². The summed E-state index contributed by atoms with van der Waals surface area (Å²) in [5, 5.41) is 3.01. The van der Waals surface area contributed by atoms with Crippen molar-refractivity contribution in [3.63, 3.8) is 0 Å². The molecule has 112 valence electrons. The van der Waals surface area contributed by atoms with Gasteiger partial charge in [-0.25, -0.2) is 8.60 Å². The van der Waals surface area contributed by atoms with E-state index in [1.54, 1.807) is 13.1 Å². The van der Waals surface area contributed by atoms with Gasteiger partial charge in [0.05, 0.1) is 15.0 Å². The molecule has 1 rings (SSSR count). The third kappa shape index (κ3) is 4.76. The van der Waals surface area contributed by atoms with E-state index < -0.39 is 16.4 Å². The number of rotatable bonds is 5. The predicted molar refractivity (Wildman–Crippen MR) is 77.4 cm³/mol. The van der Waals surface area contributed by atoms with Gasteiger partial charge in [-0.15, -0.1) is 0 Å². The lowest BCUT2D eigenvalue weighted by molar-refractivity contribution is 0.127. The molecule has 0 aliphatic rings. The number of aryl methyl sites for hydroxylation is 1. The quantitative estimate of drug-likeness (QED) is 0.388. The van der Waals surface area contributed by atoms with Gasteiger partial charge in [0.15, 0.2) is 0 Å². The zero-order chi connectivity index (χ0) is 15.2. The van der Waals surface area contributed by atoms with Crippen molar-refractivity contribution in [2.45, 2.75) is 19.1 Å². The molecule has 0 aromatic carbocycles. The molecule has 6 nitrogen and oxygen atoms in total. The summed E-state index contributed by atoms with van der Waals surface area (Å²) in [6, 6.07) is 3.68. The molecule has 1 heterocycles. The molecular weight excluding hydrogens is 283 g/mol. The molecule has 0 saturated carbocycles. The fourth-order valence-electron chi connectivity index (χ4n) is 1.40. The van der Waals surface area contributed by atoms with Gasteiger partial charge >= 0.3 is 0 Å². The maximum absolute atomic E-state index is 12.5. The van der Waals surface area contributed by atoms with Crippen molar-refractivity contribution < 1.29 is 13.4 Å². The van der Waals surface area contributed by atoms with Crippen molar-refractivity contribution in [2.24, 2.45) is 15.3 Å². The lowest BCUT2D eigenvalue weighted by Crippen LogP contribution is -2.16. The molecule has 0 aliphatic heterocycles. The largest absolute Gasteiger partial charge is 0.390 e. The maximum atomic E-state index is 12.5. The second kappa shape index (κ2) is 7.18. The van der Waals surface area contributed by atoms with Crippen molar-refractivity contribution in [1.82, 2.24) is 4.98 Å². The Bertz CT molecular complexity index is 580. The summed E-state index contributed by atoms with van der Waals surface area (Å²) in [5.74, 6) is -0.266. The Kier molecular flexibility index (Phi) is 5.87. The SMILES string of the molecule is Cc1ccc(C(C)S(C)(=O)=N/C(N)=N/OCCF)cn1. The Morgan fingerprint density at radius 3 is 2.85 bits per heavy atom. The lowest BCUT2D eigenvalue weighted by Gasteiger charge is -2.13. The van der Waals surface area contributed by atoms with Gasteiger partial charge in [0.2, 0.25) is 0 Å². The molecule has 2 atom stereocenters. The molecule has 0 radical (unpaired) electrons. The van der Waals surface area contributed by atoms with Crippen molar-refractivity contribution >= 4 is 15.7 Å². The molecule has 8 heteroatoms. The number of aromatic nitrogens is 1. The van der Waals surface area contributed by atoms with Crippen LogP contribution in [0, 0.1) is 6.92 Å². The minimum atomic E-state index is -2.66. The standard InChI is InChI=1S/C12H19FN4O2S/c1-9-4-5-11(8-15-9)10(2)20(3,18)17-12(14)16-19-7-6-13/h4-5,8,10H,6-7H2,1-3H3,(H2,14,16). The Morgan fingerprint density at radius 2 is 2.30 bits per heavy atom. The van der Waals surface area contributed by atoms with Crippen LogP contribution in [0.4, 0.5) is 4.39 Å². The molecule has 1 aromatic rings. The van der Waals surface area contributed by atoms with Gasteiger partial charge in [0.1, 0.15) is 13.3 Å². The van der Waals surface area contributed by atoms with Gasteiger partial charge in [-0.3, -0.25) is 4.98 Å². The molecule has 0 aliphatic carbocycles. The van der Waals surface area contributed by atoms with Crippen LogP contribution in [0.2, 0.25) is 0 Å². The third-order valence-electron chi connectivity index (χ3n) is 2.66. The van der Waals surface area contributed by atoms with Crippen molar-refractivity contribution in [3.8, 4) is 0 Å². The molecule has 2 N–H and O–H groups in total. The predicted octanol–water partition coefficient (Wildman–Crippen LogP) is 1.76. The smallest absolute Gasteiger partial charge is 0.265 e.